The first-order chi connectivity index (χ1) is 14.0. The van der Waals surface area contributed by atoms with Gasteiger partial charge in [0.2, 0.25) is 10.0 Å². The average molecular weight is 417 g/mol. The Bertz CT molecular complexity index is 1020. The normalized spacial score (nSPS) is 20.1. The van der Waals surface area contributed by atoms with Crippen LogP contribution >= 0.6 is 0 Å². The minimum absolute atomic E-state index is 0.125. The van der Waals surface area contributed by atoms with Gasteiger partial charge in [-0.1, -0.05) is 30.7 Å². The van der Waals surface area contributed by atoms with Crippen molar-refractivity contribution in [1.29, 1.82) is 0 Å². The standard InChI is InChI=1S/C22H25FN2O3S/c23-19-12-11-17(15-21(19)29(27,28)25-13-4-1-5-14-25)22(26)24-20-10-6-8-16-7-2-3-9-18(16)20/h2-3,7,9,11-12,15,20H,1,4-6,8,10,13-14H2,(H,24,26)/t20-/m0/s1. The summed E-state index contributed by atoms with van der Waals surface area (Å²) in [6, 6.07) is 11.5. The second-order valence-electron chi connectivity index (χ2n) is 7.73. The summed E-state index contributed by atoms with van der Waals surface area (Å²) in [6.07, 6.45) is 5.28. The van der Waals surface area contributed by atoms with Gasteiger partial charge in [0.05, 0.1) is 6.04 Å². The van der Waals surface area contributed by atoms with E-state index >= 15 is 0 Å². The summed E-state index contributed by atoms with van der Waals surface area (Å²) in [5.41, 5.74) is 2.47. The van der Waals surface area contributed by atoms with Crippen molar-refractivity contribution >= 4 is 15.9 Å². The summed E-state index contributed by atoms with van der Waals surface area (Å²) < 4.78 is 41.5. The van der Waals surface area contributed by atoms with Crippen LogP contribution in [0, 0.1) is 5.82 Å². The molecule has 1 amide bonds. The maximum atomic E-state index is 14.4. The van der Waals surface area contributed by atoms with Gasteiger partial charge in [0.25, 0.3) is 5.91 Å². The third-order valence-corrected chi connectivity index (χ3v) is 7.71. The zero-order valence-electron chi connectivity index (χ0n) is 16.2. The van der Waals surface area contributed by atoms with Crippen LogP contribution in [0.1, 0.15) is 59.6 Å². The van der Waals surface area contributed by atoms with E-state index in [9.17, 15) is 17.6 Å². The molecular weight excluding hydrogens is 391 g/mol. The number of nitrogens with one attached hydrogen (secondary N) is 1. The van der Waals surface area contributed by atoms with Crippen LogP contribution in [-0.4, -0.2) is 31.7 Å². The molecule has 1 atom stereocenters. The van der Waals surface area contributed by atoms with Crippen LogP contribution in [0.25, 0.3) is 0 Å². The molecule has 2 aromatic rings. The molecule has 154 valence electrons. The molecule has 1 aliphatic heterocycles. The van der Waals surface area contributed by atoms with E-state index < -0.39 is 20.7 Å². The third-order valence-electron chi connectivity index (χ3n) is 5.80. The molecule has 1 fully saturated rings. The van der Waals surface area contributed by atoms with Crippen molar-refractivity contribution in [3.8, 4) is 0 Å². The molecule has 1 aliphatic carbocycles. The summed E-state index contributed by atoms with van der Waals surface area (Å²) in [6.45, 7) is 0.772. The number of piperidine rings is 1. The molecular formula is C22H25FN2O3S. The number of hydrogen-bond acceptors (Lipinski definition) is 3. The number of rotatable bonds is 4. The number of amides is 1. The van der Waals surface area contributed by atoms with Gasteiger partial charge in [-0.2, -0.15) is 4.31 Å². The predicted molar refractivity (Wildman–Crippen MR) is 109 cm³/mol. The maximum Gasteiger partial charge on any atom is 0.251 e. The van der Waals surface area contributed by atoms with Crippen molar-refractivity contribution in [1.82, 2.24) is 9.62 Å². The molecule has 0 bridgehead atoms. The summed E-state index contributed by atoms with van der Waals surface area (Å²) in [5, 5.41) is 3.00. The maximum absolute atomic E-state index is 14.4. The Morgan fingerprint density at radius 3 is 2.59 bits per heavy atom. The largest absolute Gasteiger partial charge is 0.345 e. The minimum atomic E-state index is -3.95. The van der Waals surface area contributed by atoms with Gasteiger partial charge in [-0.05, 0) is 61.4 Å². The van der Waals surface area contributed by atoms with Gasteiger partial charge in [0, 0.05) is 18.7 Å². The third kappa shape index (κ3) is 4.07. The van der Waals surface area contributed by atoms with Crippen molar-refractivity contribution < 1.29 is 17.6 Å². The number of fused-ring (bicyclic) bond motifs is 1. The first-order valence-electron chi connectivity index (χ1n) is 10.2. The number of hydrogen-bond donors (Lipinski definition) is 1. The molecule has 0 aromatic heterocycles. The molecule has 7 heteroatoms. The fourth-order valence-electron chi connectivity index (χ4n) is 4.23. The van der Waals surface area contributed by atoms with Gasteiger partial charge in [0.15, 0.2) is 0 Å². The number of sulfonamides is 1. The van der Waals surface area contributed by atoms with E-state index in [1.54, 1.807) is 0 Å². The highest BCUT2D eigenvalue weighted by Gasteiger charge is 2.30. The van der Waals surface area contributed by atoms with E-state index in [0.717, 1.165) is 50.2 Å². The Hall–Kier alpha value is -2.25. The zero-order chi connectivity index (χ0) is 20.4. The quantitative estimate of drug-likeness (QED) is 0.824. The average Bonchev–Trinajstić information content (AvgIpc) is 2.75. The van der Waals surface area contributed by atoms with Gasteiger partial charge in [0.1, 0.15) is 10.7 Å². The monoisotopic (exact) mass is 416 g/mol. The van der Waals surface area contributed by atoms with E-state index in [1.807, 2.05) is 18.2 Å². The first-order valence-corrected chi connectivity index (χ1v) is 11.6. The molecule has 2 aromatic carbocycles. The molecule has 4 rings (SSSR count). The molecule has 0 saturated carbocycles. The number of aryl methyl sites for hydroxylation is 1. The number of halogens is 1. The zero-order valence-corrected chi connectivity index (χ0v) is 17.1. The molecule has 1 saturated heterocycles. The minimum Gasteiger partial charge on any atom is -0.345 e. The van der Waals surface area contributed by atoms with Gasteiger partial charge in [-0.25, -0.2) is 12.8 Å². The van der Waals surface area contributed by atoms with E-state index in [-0.39, 0.29) is 17.5 Å². The second-order valence-corrected chi connectivity index (χ2v) is 9.63. The molecule has 2 aliphatic rings. The lowest BCUT2D eigenvalue weighted by atomic mass is 9.87. The van der Waals surface area contributed by atoms with Gasteiger partial charge < -0.3 is 5.32 Å². The molecule has 29 heavy (non-hydrogen) atoms. The highest BCUT2D eigenvalue weighted by atomic mass is 32.2. The van der Waals surface area contributed by atoms with Crippen LogP contribution in [0.5, 0.6) is 0 Å². The Morgan fingerprint density at radius 2 is 1.79 bits per heavy atom. The van der Waals surface area contributed by atoms with Crippen LogP contribution in [0.2, 0.25) is 0 Å². The number of nitrogens with zero attached hydrogens (tertiary/aromatic N) is 1. The molecule has 0 radical (unpaired) electrons. The Balaban J connectivity index is 1.58. The van der Waals surface area contributed by atoms with Crippen molar-refractivity contribution in [2.45, 2.75) is 49.5 Å². The highest BCUT2D eigenvalue weighted by molar-refractivity contribution is 7.89. The van der Waals surface area contributed by atoms with Crippen LogP contribution < -0.4 is 5.32 Å². The topological polar surface area (TPSA) is 66.5 Å². The van der Waals surface area contributed by atoms with E-state index in [1.165, 1.54) is 22.0 Å². The van der Waals surface area contributed by atoms with E-state index in [4.69, 9.17) is 0 Å². The molecule has 1 heterocycles. The van der Waals surface area contributed by atoms with Gasteiger partial charge >= 0.3 is 0 Å². The summed E-state index contributed by atoms with van der Waals surface area (Å²) in [7, 11) is -3.95. The number of carbonyl (C=O) groups is 1. The second kappa shape index (κ2) is 8.24. The van der Waals surface area contributed by atoms with E-state index in [2.05, 4.69) is 11.4 Å². The lowest BCUT2D eigenvalue weighted by molar-refractivity contribution is 0.0932. The van der Waals surface area contributed by atoms with Crippen LogP contribution in [0.15, 0.2) is 47.4 Å². The van der Waals surface area contributed by atoms with Crippen molar-refractivity contribution in [2.24, 2.45) is 0 Å². The lowest BCUT2D eigenvalue weighted by Gasteiger charge is -2.27. The van der Waals surface area contributed by atoms with E-state index in [0.29, 0.717) is 13.1 Å². The SMILES string of the molecule is O=C(N[C@H]1CCCc2ccccc21)c1ccc(F)c(S(=O)(=O)N2CCCCC2)c1. The smallest absolute Gasteiger partial charge is 0.251 e. The van der Waals surface area contributed by atoms with Gasteiger partial charge in [-0.3, -0.25) is 4.79 Å². The number of benzene rings is 2. The molecule has 1 N–H and O–H groups in total. The van der Waals surface area contributed by atoms with Crippen molar-refractivity contribution in [3.05, 3.63) is 65.0 Å². The van der Waals surface area contributed by atoms with Crippen molar-refractivity contribution in [3.63, 3.8) is 0 Å². The van der Waals surface area contributed by atoms with Crippen LogP contribution in [-0.2, 0) is 16.4 Å². The Kier molecular flexibility index (Phi) is 5.69. The molecule has 0 unspecified atom stereocenters. The fourth-order valence-corrected chi connectivity index (χ4v) is 5.84. The van der Waals surface area contributed by atoms with Crippen LogP contribution in [0.4, 0.5) is 4.39 Å². The Morgan fingerprint density at radius 1 is 1.03 bits per heavy atom. The highest BCUT2D eigenvalue weighted by Crippen LogP contribution is 2.30. The predicted octanol–water partition coefficient (Wildman–Crippen LogP) is 3.81. The molecule has 5 nitrogen and oxygen atoms in total. The summed E-state index contributed by atoms with van der Waals surface area (Å²) in [5.74, 6) is -1.21. The number of carbonyl (C=O) groups excluding carboxylic acids is 1. The molecule has 0 spiro atoms. The van der Waals surface area contributed by atoms with Crippen molar-refractivity contribution in [2.75, 3.05) is 13.1 Å². The first kappa shape index (κ1) is 20.0. The van der Waals surface area contributed by atoms with Gasteiger partial charge in [-0.15, -0.1) is 0 Å². The Labute approximate surface area is 171 Å². The summed E-state index contributed by atoms with van der Waals surface area (Å²) in [4.78, 5) is 12.4. The summed E-state index contributed by atoms with van der Waals surface area (Å²) >= 11 is 0. The fraction of sp³-hybridized carbons (Fsp3) is 0.409. The lowest BCUT2D eigenvalue weighted by Crippen LogP contribution is -2.36. The van der Waals surface area contributed by atoms with Crippen LogP contribution in [0.3, 0.4) is 0 Å².